The van der Waals surface area contributed by atoms with Crippen LogP contribution in [0.15, 0.2) is 128 Å². The molecule has 0 unspecified atom stereocenters. The zero-order chi connectivity index (χ0) is 25.9. The molecular weight excluding hydrogens is 470 g/mol. The van der Waals surface area contributed by atoms with Gasteiger partial charge in [-0.1, -0.05) is 72.8 Å². The molecule has 0 bridgehead atoms. The third-order valence-electron chi connectivity index (χ3n) is 6.48. The summed E-state index contributed by atoms with van der Waals surface area (Å²) in [6.45, 7) is 0. The number of nitrogens with zero attached hydrogens (tertiary/aromatic N) is 1. The first-order chi connectivity index (χ1) is 18.6. The van der Waals surface area contributed by atoms with Crippen molar-refractivity contribution >= 4 is 44.7 Å². The standard InChI is InChI=1S/C33H23N3O2/c37-32(27-10-9-22-5-1-3-7-25(22)19-27)35-29-15-12-24(13-16-29)31-18-14-28(21-34-31)33(38)36-30-17-11-23-6-2-4-8-26(23)20-30/h1-21H,(H,35,37)(H,36,38). The van der Waals surface area contributed by atoms with Crippen molar-refractivity contribution in [3.05, 3.63) is 139 Å². The van der Waals surface area contributed by atoms with Gasteiger partial charge in [0.2, 0.25) is 0 Å². The van der Waals surface area contributed by atoms with Crippen LogP contribution < -0.4 is 10.6 Å². The molecule has 38 heavy (non-hydrogen) atoms. The van der Waals surface area contributed by atoms with Crippen LogP contribution in [-0.2, 0) is 0 Å². The van der Waals surface area contributed by atoms with E-state index >= 15 is 0 Å². The monoisotopic (exact) mass is 493 g/mol. The Morgan fingerprint density at radius 3 is 1.74 bits per heavy atom. The molecule has 0 atom stereocenters. The van der Waals surface area contributed by atoms with Crippen molar-refractivity contribution in [3.8, 4) is 11.3 Å². The Kier molecular flexibility index (Phi) is 6.08. The predicted molar refractivity (Wildman–Crippen MR) is 153 cm³/mol. The lowest BCUT2D eigenvalue weighted by molar-refractivity contribution is 0.101. The van der Waals surface area contributed by atoms with E-state index in [2.05, 4.69) is 15.6 Å². The van der Waals surface area contributed by atoms with Gasteiger partial charge in [0.1, 0.15) is 0 Å². The number of hydrogen-bond acceptors (Lipinski definition) is 3. The number of carbonyl (C=O) groups excluding carboxylic acids is 2. The van der Waals surface area contributed by atoms with E-state index in [0.717, 1.165) is 38.5 Å². The zero-order valence-corrected chi connectivity index (χ0v) is 20.4. The van der Waals surface area contributed by atoms with Gasteiger partial charge in [-0.2, -0.15) is 0 Å². The van der Waals surface area contributed by atoms with Crippen molar-refractivity contribution < 1.29 is 9.59 Å². The van der Waals surface area contributed by atoms with Crippen LogP contribution >= 0.6 is 0 Å². The summed E-state index contributed by atoms with van der Waals surface area (Å²) in [5.74, 6) is -0.380. The van der Waals surface area contributed by atoms with E-state index in [-0.39, 0.29) is 11.8 Å². The van der Waals surface area contributed by atoms with Gasteiger partial charge in [-0.3, -0.25) is 14.6 Å². The Labute approximate surface area is 219 Å². The van der Waals surface area contributed by atoms with Gasteiger partial charge in [-0.05, 0) is 70.1 Å². The summed E-state index contributed by atoms with van der Waals surface area (Å²) >= 11 is 0. The minimum Gasteiger partial charge on any atom is -0.322 e. The summed E-state index contributed by atoms with van der Waals surface area (Å²) in [4.78, 5) is 30.0. The lowest BCUT2D eigenvalue weighted by Gasteiger charge is -2.09. The van der Waals surface area contributed by atoms with Gasteiger partial charge >= 0.3 is 0 Å². The number of fused-ring (bicyclic) bond motifs is 2. The van der Waals surface area contributed by atoms with Crippen molar-refractivity contribution in [1.29, 1.82) is 0 Å². The molecule has 6 rings (SSSR count). The second kappa shape index (κ2) is 9.99. The molecule has 0 saturated carbocycles. The summed E-state index contributed by atoms with van der Waals surface area (Å²) in [6.07, 6.45) is 1.57. The van der Waals surface area contributed by atoms with E-state index in [1.165, 1.54) is 0 Å². The number of nitrogens with one attached hydrogen (secondary N) is 2. The molecule has 2 amide bonds. The number of carbonyl (C=O) groups is 2. The number of pyridine rings is 1. The summed E-state index contributed by atoms with van der Waals surface area (Å²) in [7, 11) is 0. The molecule has 5 aromatic carbocycles. The highest BCUT2D eigenvalue weighted by Gasteiger charge is 2.10. The van der Waals surface area contributed by atoms with Gasteiger partial charge in [0.05, 0.1) is 11.3 Å². The van der Waals surface area contributed by atoms with Crippen molar-refractivity contribution in [2.75, 3.05) is 10.6 Å². The van der Waals surface area contributed by atoms with Gasteiger partial charge in [0.15, 0.2) is 0 Å². The Balaban J connectivity index is 1.11. The maximum absolute atomic E-state index is 12.7. The molecule has 5 heteroatoms. The van der Waals surface area contributed by atoms with Crippen molar-refractivity contribution in [2.45, 2.75) is 0 Å². The fourth-order valence-electron chi connectivity index (χ4n) is 4.43. The highest BCUT2D eigenvalue weighted by atomic mass is 16.2. The van der Waals surface area contributed by atoms with Crippen LogP contribution in [0, 0.1) is 0 Å². The number of anilines is 2. The maximum atomic E-state index is 12.7. The average Bonchev–Trinajstić information content (AvgIpc) is 2.97. The number of aromatic nitrogens is 1. The topological polar surface area (TPSA) is 71.1 Å². The summed E-state index contributed by atoms with van der Waals surface area (Å²) in [5.41, 5.74) is 4.13. The van der Waals surface area contributed by atoms with Crippen molar-refractivity contribution in [3.63, 3.8) is 0 Å². The quantitative estimate of drug-likeness (QED) is 0.260. The number of rotatable bonds is 5. The normalized spacial score (nSPS) is 10.8. The van der Waals surface area contributed by atoms with Gasteiger partial charge in [-0.25, -0.2) is 0 Å². The Morgan fingerprint density at radius 2 is 1.05 bits per heavy atom. The fourth-order valence-corrected chi connectivity index (χ4v) is 4.43. The van der Waals surface area contributed by atoms with Gasteiger partial charge in [0.25, 0.3) is 11.8 Å². The minimum atomic E-state index is -0.217. The van der Waals surface area contributed by atoms with Gasteiger partial charge in [0, 0.05) is 28.7 Å². The molecule has 1 aromatic heterocycles. The summed E-state index contributed by atoms with van der Waals surface area (Å²) < 4.78 is 0. The van der Waals surface area contributed by atoms with Crippen LogP contribution in [0.2, 0.25) is 0 Å². The average molecular weight is 494 g/mol. The van der Waals surface area contributed by atoms with Crippen LogP contribution in [0.5, 0.6) is 0 Å². The van der Waals surface area contributed by atoms with E-state index < -0.39 is 0 Å². The highest BCUT2D eigenvalue weighted by Crippen LogP contribution is 2.23. The highest BCUT2D eigenvalue weighted by molar-refractivity contribution is 6.07. The molecule has 0 fully saturated rings. The molecule has 0 aliphatic carbocycles. The molecule has 0 saturated heterocycles. The van der Waals surface area contributed by atoms with E-state index in [1.807, 2.05) is 115 Å². The minimum absolute atomic E-state index is 0.164. The first-order valence-electron chi connectivity index (χ1n) is 12.3. The third kappa shape index (κ3) is 4.86. The molecule has 0 aliphatic heterocycles. The molecular formula is C33H23N3O2. The van der Waals surface area contributed by atoms with Crippen LogP contribution in [0.25, 0.3) is 32.8 Å². The fraction of sp³-hybridized carbons (Fsp3) is 0. The largest absolute Gasteiger partial charge is 0.322 e. The van der Waals surface area contributed by atoms with Gasteiger partial charge < -0.3 is 10.6 Å². The zero-order valence-electron chi connectivity index (χ0n) is 20.4. The number of amides is 2. The Hall–Kier alpha value is -5.29. The molecule has 1 heterocycles. The molecule has 0 aliphatic rings. The molecule has 182 valence electrons. The summed E-state index contributed by atoms with van der Waals surface area (Å²) in [6, 6.07) is 38.5. The first-order valence-corrected chi connectivity index (χ1v) is 12.3. The van der Waals surface area contributed by atoms with Crippen LogP contribution in [0.1, 0.15) is 20.7 Å². The van der Waals surface area contributed by atoms with E-state index in [0.29, 0.717) is 16.8 Å². The Bertz CT molecular complexity index is 1790. The molecule has 0 radical (unpaired) electrons. The maximum Gasteiger partial charge on any atom is 0.257 e. The molecule has 0 spiro atoms. The van der Waals surface area contributed by atoms with E-state index in [4.69, 9.17) is 0 Å². The van der Waals surface area contributed by atoms with E-state index in [1.54, 1.807) is 12.3 Å². The van der Waals surface area contributed by atoms with E-state index in [9.17, 15) is 9.59 Å². The second-order valence-corrected chi connectivity index (χ2v) is 9.04. The molecule has 2 N–H and O–H groups in total. The molecule has 6 aromatic rings. The lowest BCUT2D eigenvalue weighted by atomic mass is 10.1. The summed E-state index contributed by atoms with van der Waals surface area (Å²) in [5, 5.41) is 10.2. The smallest absolute Gasteiger partial charge is 0.257 e. The van der Waals surface area contributed by atoms with Crippen molar-refractivity contribution in [1.82, 2.24) is 4.98 Å². The molecule has 5 nitrogen and oxygen atoms in total. The van der Waals surface area contributed by atoms with Crippen LogP contribution in [0.4, 0.5) is 11.4 Å². The van der Waals surface area contributed by atoms with Crippen molar-refractivity contribution in [2.24, 2.45) is 0 Å². The first kappa shape index (κ1) is 23.1. The predicted octanol–water partition coefficient (Wildman–Crippen LogP) is 7.56. The SMILES string of the molecule is O=C(Nc1ccc2ccccc2c1)c1ccc(-c2ccc(NC(=O)c3ccc4ccccc4c3)cc2)nc1. The number of benzene rings is 5. The van der Waals surface area contributed by atoms with Gasteiger partial charge in [-0.15, -0.1) is 0 Å². The lowest BCUT2D eigenvalue weighted by Crippen LogP contribution is -2.12. The Morgan fingerprint density at radius 1 is 0.500 bits per heavy atom. The van der Waals surface area contributed by atoms with Crippen LogP contribution in [0.3, 0.4) is 0 Å². The third-order valence-corrected chi connectivity index (χ3v) is 6.48. The van der Waals surface area contributed by atoms with Crippen LogP contribution in [-0.4, -0.2) is 16.8 Å². The second-order valence-electron chi connectivity index (χ2n) is 9.04. The number of hydrogen-bond donors (Lipinski definition) is 2.